The number of ether oxygens (including phenoxy) is 1. The molecule has 0 saturated carbocycles. The van der Waals surface area contributed by atoms with Gasteiger partial charge in [-0.3, -0.25) is 9.69 Å². The molecule has 15 heavy (non-hydrogen) atoms. The predicted molar refractivity (Wildman–Crippen MR) is 61.6 cm³/mol. The molecule has 0 rings (SSSR count). The van der Waals surface area contributed by atoms with E-state index in [1.165, 1.54) is 7.11 Å². The maximum Gasteiger partial charge on any atom is 0.326 e. The quantitative estimate of drug-likeness (QED) is 0.673. The van der Waals surface area contributed by atoms with Crippen LogP contribution >= 0.6 is 0 Å². The zero-order valence-electron chi connectivity index (χ0n) is 10.5. The van der Waals surface area contributed by atoms with Crippen LogP contribution in [-0.4, -0.2) is 42.6 Å². The van der Waals surface area contributed by atoms with Gasteiger partial charge in [0.1, 0.15) is 5.54 Å². The number of esters is 1. The summed E-state index contributed by atoms with van der Waals surface area (Å²) in [6.07, 6.45) is 1.05. The van der Waals surface area contributed by atoms with Crippen LogP contribution in [0.4, 0.5) is 0 Å². The second-order valence-electron chi connectivity index (χ2n) is 4.47. The Morgan fingerprint density at radius 2 is 2.07 bits per heavy atom. The summed E-state index contributed by atoms with van der Waals surface area (Å²) in [5.41, 5.74) is 5.00. The van der Waals surface area contributed by atoms with Gasteiger partial charge >= 0.3 is 5.97 Å². The average Bonchev–Trinajstić information content (AvgIpc) is 2.15. The van der Waals surface area contributed by atoms with Crippen LogP contribution in [0.3, 0.4) is 0 Å². The standard InChI is InChI=1S/C11H24N2O2/c1-6-7-13(9(2)3)8-11(4,12)10(14)15-5/h9H,6-8,12H2,1-5H3. The zero-order valence-corrected chi connectivity index (χ0v) is 10.5. The number of carbonyl (C=O) groups excluding carboxylic acids is 1. The Labute approximate surface area is 92.8 Å². The van der Waals surface area contributed by atoms with Gasteiger partial charge in [0.15, 0.2) is 0 Å². The van der Waals surface area contributed by atoms with Crippen LogP contribution in [0, 0.1) is 0 Å². The van der Waals surface area contributed by atoms with Crippen molar-refractivity contribution in [2.45, 2.75) is 45.7 Å². The molecule has 0 aliphatic heterocycles. The minimum atomic E-state index is -0.922. The van der Waals surface area contributed by atoms with E-state index in [1.807, 2.05) is 0 Å². The highest BCUT2D eigenvalue weighted by atomic mass is 16.5. The second-order valence-corrected chi connectivity index (χ2v) is 4.47. The van der Waals surface area contributed by atoms with Crippen LogP contribution < -0.4 is 5.73 Å². The largest absolute Gasteiger partial charge is 0.468 e. The van der Waals surface area contributed by atoms with Gasteiger partial charge in [-0.25, -0.2) is 0 Å². The first kappa shape index (κ1) is 14.4. The lowest BCUT2D eigenvalue weighted by Crippen LogP contribution is -2.55. The van der Waals surface area contributed by atoms with E-state index in [1.54, 1.807) is 6.92 Å². The average molecular weight is 216 g/mol. The van der Waals surface area contributed by atoms with Crippen LogP contribution in [-0.2, 0) is 9.53 Å². The fourth-order valence-corrected chi connectivity index (χ4v) is 1.53. The molecule has 0 aromatic rings. The molecule has 0 bridgehead atoms. The van der Waals surface area contributed by atoms with E-state index < -0.39 is 5.54 Å². The molecule has 1 unspecified atom stereocenters. The fraction of sp³-hybridized carbons (Fsp3) is 0.909. The van der Waals surface area contributed by atoms with Crippen molar-refractivity contribution in [3.05, 3.63) is 0 Å². The minimum Gasteiger partial charge on any atom is -0.468 e. The molecule has 0 heterocycles. The molecule has 0 aliphatic carbocycles. The van der Waals surface area contributed by atoms with Crippen LogP contribution in [0.2, 0.25) is 0 Å². The molecule has 0 spiro atoms. The molecule has 1 atom stereocenters. The summed E-state index contributed by atoms with van der Waals surface area (Å²) in [5.74, 6) is -0.357. The highest BCUT2D eigenvalue weighted by molar-refractivity contribution is 5.80. The van der Waals surface area contributed by atoms with E-state index in [-0.39, 0.29) is 5.97 Å². The van der Waals surface area contributed by atoms with E-state index in [2.05, 4.69) is 30.4 Å². The van der Waals surface area contributed by atoms with Gasteiger partial charge in [0.05, 0.1) is 7.11 Å². The van der Waals surface area contributed by atoms with Gasteiger partial charge in [0.2, 0.25) is 0 Å². The molecule has 0 aromatic heterocycles. The van der Waals surface area contributed by atoms with Crippen LogP contribution in [0.5, 0.6) is 0 Å². The summed E-state index contributed by atoms with van der Waals surface area (Å²) < 4.78 is 4.68. The molecular formula is C11H24N2O2. The maximum atomic E-state index is 11.4. The first-order valence-electron chi connectivity index (χ1n) is 5.46. The third-order valence-electron chi connectivity index (χ3n) is 2.42. The van der Waals surface area contributed by atoms with E-state index >= 15 is 0 Å². The van der Waals surface area contributed by atoms with Crippen LogP contribution in [0.25, 0.3) is 0 Å². The van der Waals surface area contributed by atoms with Crippen LogP contribution in [0.1, 0.15) is 34.1 Å². The Balaban J connectivity index is 4.44. The van der Waals surface area contributed by atoms with Gasteiger partial charge in [-0.2, -0.15) is 0 Å². The topological polar surface area (TPSA) is 55.6 Å². The van der Waals surface area contributed by atoms with Gasteiger partial charge in [-0.05, 0) is 33.7 Å². The van der Waals surface area contributed by atoms with Crippen molar-refractivity contribution in [3.63, 3.8) is 0 Å². The van der Waals surface area contributed by atoms with Gasteiger partial charge in [0.25, 0.3) is 0 Å². The number of nitrogens with two attached hydrogens (primary N) is 1. The molecule has 0 saturated heterocycles. The van der Waals surface area contributed by atoms with Gasteiger partial charge < -0.3 is 10.5 Å². The van der Waals surface area contributed by atoms with Crippen molar-refractivity contribution in [3.8, 4) is 0 Å². The minimum absolute atomic E-state index is 0.357. The van der Waals surface area contributed by atoms with E-state index in [0.717, 1.165) is 13.0 Å². The van der Waals surface area contributed by atoms with Crippen LogP contribution in [0.15, 0.2) is 0 Å². The molecule has 90 valence electrons. The second kappa shape index (κ2) is 6.08. The van der Waals surface area contributed by atoms with Crippen molar-refractivity contribution in [1.82, 2.24) is 4.90 Å². The molecule has 0 aliphatic rings. The molecule has 2 N–H and O–H groups in total. The van der Waals surface area contributed by atoms with E-state index in [0.29, 0.717) is 12.6 Å². The number of methoxy groups -OCH3 is 1. The molecule has 4 heteroatoms. The Kier molecular flexibility index (Phi) is 5.83. The zero-order chi connectivity index (χ0) is 12.1. The number of rotatable bonds is 6. The lowest BCUT2D eigenvalue weighted by Gasteiger charge is -2.33. The number of hydrogen-bond acceptors (Lipinski definition) is 4. The maximum absolute atomic E-state index is 11.4. The highest BCUT2D eigenvalue weighted by Gasteiger charge is 2.32. The summed E-state index contributed by atoms with van der Waals surface area (Å²) in [7, 11) is 1.37. The third kappa shape index (κ3) is 4.62. The molecule has 0 aromatic carbocycles. The first-order chi connectivity index (χ1) is 6.85. The van der Waals surface area contributed by atoms with E-state index in [9.17, 15) is 4.79 Å². The fourth-order valence-electron chi connectivity index (χ4n) is 1.53. The molecule has 0 amide bonds. The Morgan fingerprint density at radius 1 is 1.53 bits per heavy atom. The molecule has 0 radical (unpaired) electrons. The molecule has 0 fully saturated rings. The van der Waals surface area contributed by atoms with E-state index in [4.69, 9.17) is 5.73 Å². The summed E-state index contributed by atoms with van der Waals surface area (Å²) >= 11 is 0. The Hall–Kier alpha value is -0.610. The molecule has 4 nitrogen and oxygen atoms in total. The summed E-state index contributed by atoms with van der Waals surface area (Å²) in [6.45, 7) is 9.50. The normalized spacial score (nSPS) is 15.5. The first-order valence-corrected chi connectivity index (χ1v) is 5.46. The van der Waals surface area contributed by atoms with Crippen molar-refractivity contribution in [2.24, 2.45) is 5.73 Å². The Bertz CT molecular complexity index is 203. The number of nitrogens with zero attached hydrogens (tertiary/aromatic N) is 1. The SMILES string of the molecule is CCCN(CC(C)(N)C(=O)OC)C(C)C. The van der Waals surface area contributed by atoms with Crippen molar-refractivity contribution < 1.29 is 9.53 Å². The summed E-state index contributed by atoms with van der Waals surface area (Å²) in [4.78, 5) is 13.6. The Morgan fingerprint density at radius 3 is 2.40 bits per heavy atom. The smallest absolute Gasteiger partial charge is 0.326 e. The van der Waals surface area contributed by atoms with Crippen molar-refractivity contribution in [2.75, 3.05) is 20.2 Å². The van der Waals surface area contributed by atoms with Gasteiger partial charge in [0, 0.05) is 12.6 Å². The molecular weight excluding hydrogens is 192 g/mol. The van der Waals surface area contributed by atoms with Gasteiger partial charge in [-0.15, -0.1) is 0 Å². The van der Waals surface area contributed by atoms with Crippen molar-refractivity contribution in [1.29, 1.82) is 0 Å². The number of carbonyl (C=O) groups is 1. The lowest BCUT2D eigenvalue weighted by atomic mass is 10.0. The lowest BCUT2D eigenvalue weighted by molar-refractivity contribution is -0.147. The third-order valence-corrected chi connectivity index (χ3v) is 2.42. The summed E-state index contributed by atoms with van der Waals surface area (Å²) in [5, 5.41) is 0. The predicted octanol–water partition coefficient (Wildman–Crippen LogP) is 0.997. The summed E-state index contributed by atoms with van der Waals surface area (Å²) in [6, 6.07) is 0.387. The van der Waals surface area contributed by atoms with Gasteiger partial charge in [-0.1, -0.05) is 6.92 Å². The van der Waals surface area contributed by atoms with Crippen molar-refractivity contribution >= 4 is 5.97 Å². The highest BCUT2D eigenvalue weighted by Crippen LogP contribution is 2.09. The monoisotopic (exact) mass is 216 g/mol. The number of hydrogen-bond donors (Lipinski definition) is 1.